The summed E-state index contributed by atoms with van der Waals surface area (Å²) in [5, 5.41) is 9.55. The Labute approximate surface area is 86.7 Å². The average Bonchev–Trinajstić information content (AvgIpc) is 1.99. The molecular formula is C10H23NOS. The fraction of sp³-hybridized carbons (Fsp3) is 1.00. The fourth-order valence-electron chi connectivity index (χ4n) is 1.04. The van der Waals surface area contributed by atoms with E-state index in [4.69, 9.17) is 0 Å². The van der Waals surface area contributed by atoms with E-state index in [2.05, 4.69) is 25.1 Å². The summed E-state index contributed by atoms with van der Waals surface area (Å²) in [6.45, 7) is 6.91. The molecule has 0 saturated carbocycles. The topological polar surface area (TPSA) is 23.5 Å². The molecule has 0 aliphatic heterocycles. The van der Waals surface area contributed by atoms with Crippen molar-refractivity contribution < 1.29 is 5.11 Å². The van der Waals surface area contributed by atoms with E-state index in [1.807, 2.05) is 25.6 Å². The number of aliphatic hydroxyl groups is 1. The van der Waals surface area contributed by atoms with Crippen LogP contribution in [-0.4, -0.2) is 47.3 Å². The molecule has 0 fully saturated rings. The van der Waals surface area contributed by atoms with Crippen LogP contribution in [0, 0.1) is 0 Å². The summed E-state index contributed by atoms with van der Waals surface area (Å²) in [4.78, 5) is 2.30. The van der Waals surface area contributed by atoms with E-state index in [9.17, 15) is 5.11 Å². The van der Waals surface area contributed by atoms with Crippen LogP contribution in [0.4, 0.5) is 0 Å². The summed E-state index contributed by atoms with van der Waals surface area (Å²) >= 11 is 1.87. The van der Waals surface area contributed by atoms with Crippen LogP contribution < -0.4 is 0 Å². The molecule has 0 radical (unpaired) electrons. The summed E-state index contributed by atoms with van der Waals surface area (Å²) in [6, 6.07) is 0.595. The Kier molecular flexibility index (Phi) is 6.01. The van der Waals surface area contributed by atoms with Gasteiger partial charge in [0.05, 0.1) is 5.60 Å². The smallest absolute Gasteiger partial charge is 0.0603 e. The van der Waals surface area contributed by atoms with Gasteiger partial charge in [-0.05, 0) is 40.5 Å². The molecule has 0 amide bonds. The van der Waals surface area contributed by atoms with Gasteiger partial charge in [-0.15, -0.1) is 0 Å². The first-order valence-electron chi connectivity index (χ1n) is 4.78. The number of hydrogen-bond acceptors (Lipinski definition) is 3. The van der Waals surface area contributed by atoms with Crippen LogP contribution in [0.1, 0.15) is 27.2 Å². The van der Waals surface area contributed by atoms with Crippen molar-refractivity contribution in [3.05, 3.63) is 0 Å². The molecule has 0 aliphatic rings. The normalized spacial score (nSPS) is 15.0. The highest BCUT2D eigenvalue weighted by molar-refractivity contribution is 7.98. The lowest BCUT2D eigenvalue weighted by atomic mass is 10.1. The molecule has 0 aromatic rings. The second-order valence-electron chi connectivity index (χ2n) is 4.35. The molecule has 1 N–H and O–H groups in total. The van der Waals surface area contributed by atoms with Gasteiger partial charge in [-0.25, -0.2) is 0 Å². The third-order valence-corrected chi connectivity index (χ3v) is 3.05. The maximum absolute atomic E-state index is 9.55. The number of nitrogens with zero attached hydrogens (tertiary/aromatic N) is 1. The Bertz CT molecular complexity index is 133. The van der Waals surface area contributed by atoms with E-state index < -0.39 is 5.60 Å². The molecule has 0 aliphatic carbocycles. The highest BCUT2D eigenvalue weighted by Gasteiger charge is 2.15. The summed E-state index contributed by atoms with van der Waals surface area (Å²) in [5.74, 6) is 1.16. The predicted octanol–water partition coefficient (Wildman–Crippen LogP) is 1.83. The van der Waals surface area contributed by atoms with E-state index >= 15 is 0 Å². The van der Waals surface area contributed by atoms with Gasteiger partial charge in [0.25, 0.3) is 0 Å². The lowest BCUT2D eigenvalue weighted by Crippen LogP contribution is -2.35. The third-order valence-electron chi connectivity index (χ3n) is 2.24. The minimum Gasteiger partial charge on any atom is -0.390 e. The van der Waals surface area contributed by atoms with E-state index in [-0.39, 0.29) is 0 Å². The van der Waals surface area contributed by atoms with E-state index in [1.165, 1.54) is 0 Å². The molecule has 2 nitrogen and oxygen atoms in total. The van der Waals surface area contributed by atoms with Crippen molar-refractivity contribution in [2.45, 2.75) is 38.8 Å². The first-order chi connectivity index (χ1) is 5.87. The average molecular weight is 205 g/mol. The van der Waals surface area contributed by atoms with Crippen molar-refractivity contribution in [1.29, 1.82) is 0 Å². The zero-order valence-electron chi connectivity index (χ0n) is 9.50. The monoisotopic (exact) mass is 205 g/mol. The predicted molar refractivity (Wildman–Crippen MR) is 61.4 cm³/mol. The van der Waals surface area contributed by atoms with Gasteiger partial charge in [0.2, 0.25) is 0 Å². The molecule has 80 valence electrons. The van der Waals surface area contributed by atoms with Crippen molar-refractivity contribution in [1.82, 2.24) is 4.90 Å². The van der Waals surface area contributed by atoms with Crippen LogP contribution in [0.25, 0.3) is 0 Å². The molecule has 0 heterocycles. The molecule has 13 heavy (non-hydrogen) atoms. The standard InChI is InChI=1S/C10H23NOS/c1-9(8-13-5)11(4)7-6-10(2,3)12/h9,12H,6-8H2,1-5H3. The third kappa shape index (κ3) is 7.35. The summed E-state index contributed by atoms with van der Waals surface area (Å²) in [6.07, 6.45) is 2.96. The van der Waals surface area contributed by atoms with Crippen LogP contribution in [0.15, 0.2) is 0 Å². The number of hydrogen-bond donors (Lipinski definition) is 1. The van der Waals surface area contributed by atoms with Crippen molar-refractivity contribution in [3.63, 3.8) is 0 Å². The highest BCUT2D eigenvalue weighted by atomic mass is 32.2. The Morgan fingerprint density at radius 1 is 1.46 bits per heavy atom. The van der Waals surface area contributed by atoms with Crippen LogP contribution in [0.2, 0.25) is 0 Å². The maximum atomic E-state index is 9.55. The van der Waals surface area contributed by atoms with Crippen molar-refractivity contribution in [3.8, 4) is 0 Å². The number of rotatable bonds is 6. The maximum Gasteiger partial charge on any atom is 0.0603 e. The Balaban J connectivity index is 3.67. The number of thioether (sulfide) groups is 1. The molecule has 0 spiro atoms. The van der Waals surface area contributed by atoms with Gasteiger partial charge < -0.3 is 10.0 Å². The van der Waals surface area contributed by atoms with Gasteiger partial charge in [-0.2, -0.15) is 11.8 Å². The van der Waals surface area contributed by atoms with Gasteiger partial charge in [0.1, 0.15) is 0 Å². The van der Waals surface area contributed by atoms with Gasteiger partial charge in [-0.1, -0.05) is 0 Å². The van der Waals surface area contributed by atoms with E-state index in [0.717, 1.165) is 18.7 Å². The van der Waals surface area contributed by atoms with E-state index in [1.54, 1.807) is 0 Å². The van der Waals surface area contributed by atoms with Crippen molar-refractivity contribution in [2.75, 3.05) is 25.6 Å². The molecular weight excluding hydrogens is 182 g/mol. The van der Waals surface area contributed by atoms with Crippen LogP contribution in [-0.2, 0) is 0 Å². The molecule has 0 bridgehead atoms. The van der Waals surface area contributed by atoms with Crippen molar-refractivity contribution >= 4 is 11.8 Å². The molecule has 0 rings (SSSR count). The van der Waals surface area contributed by atoms with Gasteiger partial charge in [0.15, 0.2) is 0 Å². The first-order valence-corrected chi connectivity index (χ1v) is 6.18. The van der Waals surface area contributed by atoms with Gasteiger partial charge >= 0.3 is 0 Å². The highest BCUT2D eigenvalue weighted by Crippen LogP contribution is 2.10. The Morgan fingerprint density at radius 2 is 2.00 bits per heavy atom. The molecule has 0 aromatic carbocycles. The largest absolute Gasteiger partial charge is 0.390 e. The second-order valence-corrected chi connectivity index (χ2v) is 5.26. The fourth-order valence-corrected chi connectivity index (χ4v) is 1.78. The lowest BCUT2D eigenvalue weighted by Gasteiger charge is -2.27. The van der Waals surface area contributed by atoms with Crippen molar-refractivity contribution in [2.24, 2.45) is 0 Å². The Morgan fingerprint density at radius 3 is 2.38 bits per heavy atom. The van der Waals surface area contributed by atoms with Crippen LogP contribution >= 0.6 is 11.8 Å². The SMILES string of the molecule is CSCC(C)N(C)CCC(C)(C)O. The molecule has 1 unspecified atom stereocenters. The minimum absolute atomic E-state index is 0.534. The summed E-state index contributed by atoms with van der Waals surface area (Å²) < 4.78 is 0. The minimum atomic E-state index is -0.534. The van der Waals surface area contributed by atoms with Gasteiger partial charge in [0, 0.05) is 18.3 Å². The Hall–Kier alpha value is 0.270. The second kappa shape index (κ2) is 5.89. The zero-order valence-corrected chi connectivity index (χ0v) is 10.3. The van der Waals surface area contributed by atoms with Crippen LogP contribution in [0.3, 0.4) is 0 Å². The lowest BCUT2D eigenvalue weighted by molar-refractivity contribution is 0.0577. The van der Waals surface area contributed by atoms with Crippen LogP contribution in [0.5, 0.6) is 0 Å². The molecule has 1 atom stereocenters. The molecule has 0 saturated heterocycles. The molecule has 0 aromatic heterocycles. The summed E-state index contributed by atoms with van der Waals surface area (Å²) in [7, 11) is 2.12. The summed E-state index contributed by atoms with van der Waals surface area (Å²) in [5.41, 5.74) is -0.534. The molecule has 3 heteroatoms. The van der Waals surface area contributed by atoms with Gasteiger partial charge in [-0.3, -0.25) is 0 Å². The quantitative estimate of drug-likeness (QED) is 0.715. The van der Waals surface area contributed by atoms with E-state index in [0.29, 0.717) is 6.04 Å². The zero-order chi connectivity index (χ0) is 10.5. The first kappa shape index (κ1) is 13.3.